The molecule has 0 spiro atoms. The van der Waals surface area contributed by atoms with Gasteiger partial charge in [0.1, 0.15) is 11.2 Å². The lowest BCUT2D eigenvalue weighted by Gasteiger charge is -2.39. The summed E-state index contributed by atoms with van der Waals surface area (Å²) in [5.74, 6) is -0.728. The van der Waals surface area contributed by atoms with Gasteiger partial charge in [-0.1, -0.05) is 61.4 Å². The normalized spacial score (nSPS) is 18.2. The predicted molar refractivity (Wildman–Crippen MR) is 279 cm³/mol. The average molecular weight is 1100 g/mol. The molecular weight excluding hydrogens is 1030 g/mol. The highest BCUT2D eigenvalue weighted by Crippen LogP contribution is 2.47. The fourth-order valence-corrected chi connectivity index (χ4v) is 13.6. The van der Waals surface area contributed by atoms with Gasteiger partial charge in [-0.25, -0.2) is 21.6 Å². The number of amides is 1. The van der Waals surface area contributed by atoms with E-state index in [1.807, 2.05) is 52.1 Å². The molecule has 4 aromatic carbocycles. The summed E-state index contributed by atoms with van der Waals surface area (Å²) in [6.07, 6.45) is 3.62. The maximum Gasteiger partial charge on any atom is 0.501 e. The number of sulfonamides is 1. The maximum atomic E-state index is 14.3. The average Bonchev–Trinajstić information content (AvgIpc) is 3.35. The van der Waals surface area contributed by atoms with E-state index in [1.54, 1.807) is 12.1 Å². The van der Waals surface area contributed by atoms with E-state index in [2.05, 4.69) is 46.0 Å². The summed E-state index contributed by atoms with van der Waals surface area (Å²) < 4.78 is 122. The Balaban J connectivity index is 1.01. The molecule has 1 amide bonds. The standard InChI is InChI=1S/C50H63ClF3N6O8PS3/c1-49(2)22-20-45(37-10-14-40(51)15-11-37)39(33-49)34-58-28-30-60(31-29-58)42-16-12-38(13-17-42)48(61)56-72(65,66)44-18-19-46(47(32-44)71(63,64)50(52,53)54)55-41(35-70-43-8-6-5-7-9-43)21-23-57-24-26-59(27-25-57)36-69(62,67-3)68-4/h5-19,32,41,55H,20-31,33-36H2,1-4H3,(H,56,61)/t41-/m1/s1. The number of carbonyl (C=O) groups is 1. The minimum Gasteiger partial charge on any atom is -0.380 e. The van der Waals surface area contributed by atoms with Crippen LogP contribution >= 0.6 is 31.0 Å². The molecule has 2 N–H and O–H groups in total. The number of thioether (sulfide) groups is 1. The van der Waals surface area contributed by atoms with Gasteiger partial charge in [0, 0.05) is 113 Å². The second-order valence-electron chi connectivity index (χ2n) is 19.1. The number of carbonyl (C=O) groups excluding carboxylic acids is 1. The van der Waals surface area contributed by atoms with E-state index in [4.69, 9.17) is 20.6 Å². The molecule has 7 rings (SSSR count). The molecule has 72 heavy (non-hydrogen) atoms. The minimum absolute atomic E-state index is 0.0194. The third kappa shape index (κ3) is 14.5. The summed E-state index contributed by atoms with van der Waals surface area (Å²) in [6.45, 7) is 11.3. The van der Waals surface area contributed by atoms with Crippen molar-refractivity contribution in [3.05, 3.63) is 119 Å². The topological polar surface area (TPSA) is 158 Å². The molecule has 3 aliphatic rings. The summed E-state index contributed by atoms with van der Waals surface area (Å²) in [5.41, 5.74) is -1.16. The van der Waals surface area contributed by atoms with E-state index in [-0.39, 0.29) is 17.3 Å². The Morgan fingerprint density at radius 2 is 1.46 bits per heavy atom. The van der Waals surface area contributed by atoms with Crippen LogP contribution in [0.4, 0.5) is 24.5 Å². The first kappa shape index (κ1) is 55.8. The van der Waals surface area contributed by atoms with Crippen LogP contribution in [0.3, 0.4) is 0 Å². The van der Waals surface area contributed by atoms with Gasteiger partial charge in [-0.15, -0.1) is 11.8 Å². The van der Waals surface area contributed by atoms with Crippen LogP contribution in [0.2, 0.25) is 5.02 Å². The van der Waals surface area contributed by atoms with Crippen molar-refractivity contribution in [3.63, 3.8) is 0 Å². The Bertz CT molecular complexity index is 2800. The van der Waals surface area contributed by atoms with E-state index >= 15 is 0 Å². The number of anilines is 2. The van der Waals surface area contributed by atoms with Crippen molar-refractivity contribution in [3.8, 4) is 0 Å². The second kappa shape index (κ2) is 23.7. The van der Waals surface area contributed by atoms with Crippen molar-refractivity contribution >= 4 is 73.7 Å². The van der Waals surface area contributed by atoms with Gasteiger partial charge in [0.05, 0.1) is 10.6 Å². The molecule has 0 saturated carbocycles. The smallest absolute Gasteiger partial charge is 0.380 e. The Morgan fingerprint density at radius 1 is 0.833 bits per heavy atom. The zero-order valence-corrected chi connectivity index (χ0v) is 45.0. The molecule has 0 aromatic heterocycles. The highest BCUT2D eigenvalue weighted by Gasteiger charge is 2.48. The van der Waals surface area contributed by atoms with E-state index in [0.717, 1.165) is 74.7 Å². The molecule has 14 nitrogen and oxygen atoms in total. The van der Waals surface area contributed by atoms with Crippen molar-refractivity contribution in [2.45, 2.75) is 65.8 Å². The molecule has 2 fully saturated rings. The quantitative estimate of drug-likeness (QED) is 0.0637. The Labute approximate surface area is 431 Å². The van der Waals surface area contributed by atoms with E-state index in [9.17, 15) is 39.4 Å². The van der Waals surface area contributed by atoms with Gasteiger partial charge in [-0.3, -0.25) is 19.2 Å². The zero-order chi connectivity index (χ0) is 51.9. The van der Waals surface area contributed by atoms with Gasteiger partial charge in [0.2, 0.25) is 0 Å². The van der Waals surface area contributed by atoms with Crippen LogP contribution in [0.15, 0.2) is 117 Å². The van der Waals surface area contributed by atoms with Gasteiger partial charge >= 0.3 is 13.1 Å². The maximum absolute atomic E-state index is 14.3. The predicted octanol–water partition coefficient (Wildman–Crippen LogP) is 9.56. The van der Waals surface area contributed by atoms with Crippen LogP contribution in [0, 0.1) is 5.41 Å². The van der Waals surface area contributed by atoms with E-state index in [1.165, 1.54) is 54.8 Å². The molecule has 392 valence electrons. The summed E-state index contributed by atoms with van der Waals surface area (Å²) in [7, 11) is -11.6. The first-order valence-electron chi connectivity index (χ1n) is 23.7. The van der Waals surface area contributed by atoms with Crippen LogP contribution in [0.1, 0.15) is 55.5 Å². The van der Waals surface area contributed by atoms with Gasteiger partial charge in [0.25, 0.3) is 25.8 Å². The number of hydrogen-bond acceptors (Lipinski definition) is 14. The fourth-order valence-electron chi connectivity index (χ4n) is 9.26. The number of halogens is 4. The third-order valence-corrected chi connectivity index (χ3v) is 19.6. The van der Waals surface area contributed by atoms with Crippen molar-refractivity contribution in [1.82, 2.24) is 19.4 Å². The number of piperazine rings is 2. The van der Waals surface area contributed by atoms with Crippen molar-refractivity contribution in [1.29, 1.82) is 0 Å². The summed E-state index contributed by atoms with van der Waals surface area (Å²) in [6, 6.07) is 25.5. The van der Waals surface area contributed by atoms with Crippen LogP contribution in [-0.4, -0.2) is 141 Å². The van der Waals surface area contributed by atoms with Crippen LogP contribution in [0.5, 0.6) is 0 Å². The first-order valence-corrected chi connectivity index (χ1v) is 29.8. The second-order valence-corrected chi connectivity index (χ2v) is 26.5. The molecule has 2 aliphatic heterocycles. The van der Waals surface area contributed by atoms with Crippen molar-refractivity contribution < 1.29 is 48.4 Å². The lowest BCUT2D eigenvalue weighted by molar-refractivity contribution is -0.0436. The summed E-state index contributed by atoms with van der Waals surface area (Å²) >= 11 is 7.62. The molecule has 2 saturated heterocycles. The molecule has 22 heteroatoms. The molecule has 0 bridgehead atoms. The number of hydrogen-bond donors (Lipinski definition) is 2. The van der Waals surface area contributed by atoms with Crippen molar-refractivity contribution in [2.24, 2.45) is 5.41 Å². The van der Waals surface area contributed by atoms with Gasteiger partial charge in [-0.2, -0.15) is 13.2 Å². The Hall–Kier alpha value is -3.95. The van der Waals surface area contributed by atoms with Crippen LogP contribution in [-0.2, 0) is 33.5 Å². The van der Waals surface area contributed by atoms with E-state index < -0.39 is 60.4 Å². The molecule has 0 unspecified atom stereocenters. The number of nitrogens with zero attached hydrogens (tertiary/aromatic N) is 4. The first-order chi connectivity index (χ1) is 34.1. The zero-order valence-electron chi connectivity index (χ0n) is 40.9. The lowest BCUT2D eigenvalue weighted by atomic mass is 9.73. The fraction of sp³-hybridized carbons (Fsp3) is 0.460. The molecule has 2 heterocycles. The van der Waals surface area contributed by atoms with Gasteiger partial charge in [0.15, 0.2) is 0 Å². The van der Waals surface area contributed by atoms with Crippen molar-refractivity contribution in [2.75, 3.05) is 102 Å². The third-order valence-electron chi connectivity index (χ3n) is 13.5. The number of benzene rings is 4. The molecule has 1 aliphatic carbocycles. The molecule has 1 atom stereocenters. The Morgan fingerprint density at radius 3 is 2.08 bits per heavy atom. The number of sulfone groups is 1. The lowest BCUT2D eigenvalue weighted by Crippen LogP contribution is -2.47. The summed E-state index contributed by atoms with van der Waals surface area (Å²) in [5, 5.41) is 3.71. The van der Waals surface area contributed by atoms with E-state index in [0.29, 0.717) is 56.0 Å². The Kier molecular flexibility index (Phi) is 18.4. The molecular formula is C50H63ClF3N6O8PS3. The number of rotatable bonds is 20. The van der Waals surface area contributed by atoms with Crippen LogP contribution in [0.25, 0.3) is 5.57 Å². The largest absolute Gasteiger partial charge is 0.501 e. The van der Waals surface area contributed by atoms with Gasteiger partial charge in [-0.05, 0) is 109 Å². The minimum atomic E-state index is -6.11. The van der Waals surface area contributed by atoms with Gasteiger partial charge < -0.3 is 24.2 Å². The molecule has 0 radical (unpaired) electrons. The monoisotopic (exact) mass is 1090 g/mol. The SMILES string of the molecule is COP(=O)(CN1CCN(CC[C@H](CSc2ccccc2)Nc2ccc(S(=O)(=O)NC(=O)c3ccc(N4CCN(CC5=C(c6ccc(Cl)cc6)CCC(C)(C)C5)CC4)cc3)cc2S(=O)(=O)C(F)(F)F)CC1)OC. The number of alkyl halides is 3. The highest BCUT2D eigenvalue weighted by atomic mass is 35.5. The number of nitrogens with one attached hydrogen (secondary N) is 2. The molecule has 4 aromatic rings. The number of allylic oxidation sites excluding steroid dienone is 1. The summed E-state index contributed by atoms with van der Waals surface area (Å²) in [4.78, 5) is 20.9. The highest BCUT2D eigenvalue weighted by molar-refractivity contribution is 7.99. The van der Waals surface area contributed by atoms with Crippen LogP contribution < -0.4 is 14.9 Å².